The average molecular weight is 467 g/mol. The number of imide groups is 1. The Kier molecular flexibility index (Phi) is 4.63. The minimum atomic E-state index is -1.33. The van der Waals surface area contributed by atoms with Gasteiger partial charge in [0.15, 0.2) is 17.3 Å². The molecule has 3 aromatic carbocycles. The molecule has 1 saturated heterocycles. The predicted molar refractivity (Wildman–Crippen MR) is 128 cm³/mol. The van der Waals surface area contributed by atoms with E-state index in [9.17, 15) is 14.4 Å². The molecule has 4 aromatic rings. The summed E-state index contributed by atoms with van der Waals surface area (Å²) in [5, 5.41) is 3.49. The highest BCUT2D eigenvalue weighted by Gasteiger charge is 2.50. The first-order valence-electron chi connectivity index (χ1n) is 11.2. The molecule has 0 bridgehead atoms. The number of rotatable bonds is 5. The second kappa shape index (κ2) is 7.73. The second-order valence-corrected chi connectivity index (χ2v) is 8.72. The number of hydrogen-bond donors (Lipinski definition) is 2. The number of H-pyrrole nitrogens is 1. The number of carbonyl (C=O) groups excluding carboxylic acids is 3. The van der Waals surface area contributed by atoms with E-state index in [1.807, 2.05) is 54.6 Å². The maximum atomic E-state index is 13.6. The van der Waals surface area contributed by atoms with E-state index in [1.54, 1.807) is 25.1 Å². The minimum absolute atomic E-state index is 0.102. The summed E-state index contributed by atoms with van der Waals surface area (Å²) >= 11 is 0. The van der Waals surface area contributed by atoms with Gasteiger partial charge < -0.3 is 19.8 Å². The number of ether oxygens (including phenoxy) is 2. The largest absolute Gasteiger partial charge is 0.454 e. The van der Waals surface area contributed by atoms with Crippen molar-refractivity contribution in [3.05, 3.63) is 83.9 Å². The maximum absolute atomic E-state index is 13.6. The monoisotopic (exact) mass is 467 g/mol. The van der Waals surface area contributed by atoms with Crippen LogP contribution >= 0.6 is 0 Å². The number of carbonyl (C=O) groups is 3. The molecule has 0 spiro atoms. The van der Waals surface area contributed by atoms with E-state index in [4.69, 9.17) is 9.47 Å². The van der Waals surface area contributed by atoms with Crippen LogP contribution in [0.2, 0.25) is 0 Å². The van der Waals surface area contributed by atoms with E-state index in [0.29, 0.717) is 28.3 Å². The Morgan fingerprint density at radius 3 is 2.54 bits per heavy atom. The van der Waals surface area contributed by atoms with Crippen LogP contribution in [0, 0.1) is 0 Å². The summed E-state index contributed by atoms with van der Waals surface area (Å²) in [5.41, 5.74) is 1.96. The molecule has 35 heavy (non-hydrogen) atoms. The topological polar surface area (TPSA) is 101 Å². The van der Waals surface area contributed by atoms with E-state index < -0.39 is 17.5 Å². The number of urea groups is 1. The Balaban J connectivity index is 1.35. The molecular formula is C27H21N3O5. The number of nitrogens with one attached hydrogen (secondary N) is 2. The van der Waals surface area contributed by atoms with E-state index >= 15 is 0 Å². The van der Waals surface area contributed by atoms with Gasteiger partial charge in [-0.2, -0.15) is 0 Å². The number of aromatic amines is 1. The Morgan fingerprint density at radius 1 is 0.971 bits per heavy atom. The van der Waals surface area contributed by atoms with Gasteiger partial charge >= 0.3 is 6.03 Å². The van der Waals surface area contributed by atoms with Crippen molar-refractivity contribution < 1.29 is 23.9 Å². The van der Waals surface area contributed by atoms with Gasteiger partial charge in [0.1, 0.15) is 5.54 Å². The summed E-state index contributed by atoms with van der Waals surface area (Å²) in [5.74, 6) is 0.246. The van der Waals surface area contributed by atoms with Crippen LogP contribution in [0.25, 0.3) is 22.2 Å². The molecule has 0 aliphatic carbocycles. The van der Waals surface area contributed by atoms with Crippen LogP contribution < -0.4 is 14.8 Å². The molecule has 3 heterocycles. The quantitative estimate of drug-likeness (QED) is 0.338. The SMILES string of the molecule is CC1(c2ccc3c(c2)OCO3)NC(=O)N(CC(=O)c2c(-c3ccccc3)[nH]c3ccccc23)C1=O. The Morgan fingerprint density at radius 2 is 1.71 bits per heavy atom. The summed E-state index contributed by atoms with van der Waals surface area (Å²) in [6.45, 7) is 1.34. The van der Waals surface area contributed by atoms with Crippen molar-refractivity contribution in [2.75, 3.05) is 13.3 Å². The molecule has 174 valence electrons. The predicted octanol–water partition coefficient (Wildman–Crippen LogP) is 4.21. The highest BCUT2D eigenvalue weighted by molar-refractivity contribution is 6.17. The molecule has 6 rings (SSSR count). The number of benzene rings is 3. The zero-order valence-corrected chi connectivity index (χ0v) is 18.8. The van der Waals surface area contributed by atoms with Gasteiger partial charge in [0, 0.05) is 10.9 Å². The molecule has 8 heteroatoms. The maximum Gasteiger partial charge on any atom is 0.325 e. The van der Waals surface area contributed by atoms with Crippen LogP contribution in [0.1, 0.15) is 22.8 Å². The number of nitrogens with zero attached hydrogens (tertiary/aromatic N) is 1. The van der Waals surface area contributed by atoms with Crippen molar-refractivity contribution >= 4 is 28.6 Å². The molecule has 2 aliphatic heterocycles. The number of hydrogen-bond acceptors (Lipinski definition) is 5. The van der Waals surface area contributed by atoms with Gasteiger partial charge in [0.2, 0.25) is 6.79 Å². The lowest BCUT2D eigenvalue weighted by molar-refractivity contribution is -0.130. The van der Waals surface area contributed by atoms with E-state index in [1.165, 1.54) is 0 Å². The Bertz CT molecular complexity index is 1510. The summed E-state index contributed by atoms with van der Waals surface area (Å²) < 4.78 is 10.8. The van der Waals surface area contributed by atoms with E-state index in [-0.39, 0.29) is 19.1 Å². The number of para-hydroxylation sites is 1. The van der Waals surface area contributed by atoms with Gasteiger partial charge in [-0.25, -0.2) is 4.79 Å². The zero-order valence-electron chi connectivity index (χ0n) is 18.8. The van der Waals surface area contributed by atoms with Gasteiger partial charge in [0.25, 0.3) is 5.91 Å². The van der Waals surface area contributed by atoms with Crippen LogP contribution in [0.3, 0.4) is 0 Å². The summed E-state index contributed by atoms with van der Waals surface area (Å²) in [6, 6.07) is 21.5. The minimum Gasteiger partial charge on any atom is -0.454 e. The lowest BCUT2D eigenvalue weighted by Gasteiger charge is -2.22. The number of Topliss-reactive ketones (excluding diaryl/α,β-unsaturated/α-hetero) is 1. The van der Waals surface area contributed by atoms with Gasteiger partial charge in [-0.1, -0.05) is 54.6 Å². The van der Waals surface area contributed by atoms with Crippen molar-refractivity contribution in [2.24, 2.45) is 0 Å². The smallest absolute Gasteiger partial charge is 0.325 e. The summed E-state index contributed by atoms with van der Waals surface area (Å²) in [4.78, 5) is 44.3. The molecule has 3 amide bonds. The molecule has 1 unspecified atom stereocenters. The first kappa shape index (κ1) is 21.0. The molecule has 1 fully saturated rings. The lowest BCUT2D eigenvalue weighted by atomic mass is 9.91. The van der Waals surface area contributed by atoms with Crippen molar-refractivity contribution in [1.82, 2.24) is 15.2 Å². The zero-order chi connectivity index (χ0) is 24.2. The molecule has 2 aliphatic rings. The number of aromatic nitrogens is 1. The second-order valence-electron chi connectivity index (χ2n) is 8.72. The molecule has 1 atom stereocenters. The van der Waals surface area contributed by atoms with Crippen LogP contribution in [-0.4, -0.2) is 40.9 Å². The normalized spacial score (nSPS) is 18.8. The molecule has 2 N–H and O–H groups in total. The fourth-order valence-electron chi connectivity index (χ4n) is 4.72. The third kappa shape index (κ3) is 3.25. The van der Waals surface area contributed by atoms with Crippen molar-refractivity contribution in [1.29, 1.82) is 0 Å². The van der Waals surface area contributed by atoms with Crippen LogP contribution in [0.4, 0.5) is 4.79 Å². The van der Waals surface area contributed by atoms with Gasteiger partial charge in [0.05, 0.1) is 17.8 Å². The van der Waals surface area contributed by atoms with Crippen molar-refractivity contribution in [3.8, 4) is 22.8 Å². The lowest BCUT2D eigenvalue weighted by Crippen LogP contribution is -2.41. The Hall–Kier alpha value is -4.59. The number of amides is 3. The summed E-state index contributed by atoms with van der Waals surface area (Å²) in [6.07, 6.45) is 0. The van der Waals surface area contributed by atoms with Gasteiger partial charge in [-0.15, -0.1) is 0 Å². The molecule has 0 radical (unpaired) electrons. The molecule has 1 aromatic heterocycles. The van der Waals surface area contributed by atoms with E-state index in [2.05, 4.69) is 10.3 Å². The number of fused-ring (bicyclic) bond motifs is 2. The van der Waals surface area contributed by atoms with E-state index in [0.717, 1.165) is 21.4 Å². The molecule has 8 nitrogen and oxygen atoms in total. The first-order chi connectivity index (χ1) is 17.0. The van der Waals surface area contributed by atoms with Gasteiger partial charge in [-0.05, 0) is 36.2 Å². The highest BCUT2D eigenvalue weighted by Crippen LogP contribution is 2.38. The Labute approximate surface area is 200 Å². The fraction of sp³-hybridized carbons (Fsp3) is 0.148. The first-order valence-corrected chi connectivity index (χ1v) is 11.2. The third-order valence-corrected chi connectivity index (χ3v) is 6.57. The van der Waals surface area contributed by atoms with Crippen LogP contribution in [0.5, 0.6) is 11.5 Å². The molecular weight excluding hydrogens is 446 g/mol. The number of ketones is 1. The van der Waals surface area contributed by atoms with Crippen LogP contribution in [0.15, 0.2) is 72.8 Å². The molecule has 0 saturated carbocycles. The fourth-order valence-corrected chi connectivity index (χ4v) is 4.72. The van der Waals surface area contributed by atoms with Crippen molar-refractivity contribution in [2.45, 2.75) is 12.5 Å². The highest BCUT2D eigenvalue weighted by atomic mass is 16.7. The average Bonchev–Trinajstić information content (AvgIpc) is 3.56. The van der Waals surface area contributed by atoms with Crippen LogP contribution in [-0.2, 0) is 10.3 Å². The third-order valence-electron chi connectivity index (χ3n) is 6.57. The van der Waals surface area contributed by atoms with Crippen molar-refractivity contribution in [3.63, 3.8) is 0 Å². The standard InChI is InChI=1S/C27H21N3O5/c1-27(17-11-12-21-22(13-17)35-15-34-21)25(32)30(26(33)29-27)14-20(31)23-18-9-5-6-10-19(18)28-24(23)16-7-3-2-4-8-16/h2-13,28H,14-15H2,1H3,(H,29,33). The van der Waals surface area contributed by atoms with Gasteiger partial charge in [-0.3, -0.25) is 14.5 Å². The summed E-state index contributed by atoms with van der Waals surface area (Å²) in [7, 11) is 0.